The van der Waals surface area contributed by atoms with E-state index in [1.807, 2.05) is 48.5 Å². The maximum Gasteiger partial charge on any atom is 0.161 e. The average molecular weight is 299 g/mol. The van der Waals surface area contributed by atoms with Crippen molar-refractivity contribution in [2.75, 3.05) is 7.11 Å². The van der Waals surface area contributed by atoms with Crippen LogP contribution in [0.3, 0.4) is 0 Å². The van der Waals surface area contributed by atoms with Gasteiger partial charge in [-0.1, -0.05) is 57.2 Å². The minimum Gasteiger partial charge on any atom is -0.493 e. The van der Waals surface area contributed by atoms with E-state index in [0.29, 0.717) is 6.61 Å². The summed E-state index contributed by atoms with van der Waals surface area (Å²) in [6.07, 6.45) is 0. The van der Waals surface area contributed by atoms with Gasteiger partial charge in [0.1, 0.15) is 6.61 Å². The van der Waals surface area contributed by atoms with Crippen LogP contribution in [0, 0.1) is 5.41 Å². The Morgan fingerprint density at radius 3 is 2.27 bits per heavy atom. The van der Waals surface area contributed by atoms with Crippen LogP contribution < -0.4 is 15.2 Å². The molecule has 0 spiro atoms. The van der Waals surface area contributed by atoms with E-state index >= 15 is 0 Å². The van der Waals surface area contributed by atoms with Gasteiger partial charge in [0.05, 0.1) is 7.11 Å². The molecule has 22 heavy (non-hydrogen) atoms. The van der Waals surface area contributed by atoms with E-state index in [2.05, 4.69) is 20.8 Å². The molecule has 0 aliphatic rings. The molecule has 0 unspecified atom stereocenters. The minimum absolute atomic E-state index is 0.00864. The third kappa shape index (κ3) is 4.01. The molecule has 2 N–H and O–H groups in total. The molecule has 0 amide bonds. The van der Waals surface area contributed by atoms with Crippen LogP contribution in [0.2, 0.25) is 0 Å². The van der Waals surface area contributed by atoms with Crippen molar-refractivity contribution >= 4 is 0 Å². The molecule has 2 aromatic carbocycles. The molecule has 118 valence electrons. The van der Waals surface area contributed by atoms with Gasteiger partial charge in [-0.15, -0.1) is 0 Å². The highest BCUT2D eigenvalue weighted by molar-refractivity contribution is 5.44. The van der Waals surface area contributed by atoms with Gasteiger partial charge in [0, 0.05) is 6.04 Å². The Kier molecular flexibility index (Phi) is 5.09. The van der Waals surface area contributed by atoms with Crippen LogP contribution in [0.4, 0.5) is 0 Å². The zero-order chi connectivity index (χ0) is 16.2. The van der Waals surface area contributed by atoms with E-state index < -0.39 is 0 Å². The molecular weight excluding hydrogens is 274 g/mol. The molecule has 0 fully saturated rings. The highest BCUT2D eigenvalue weighted by Gasteiger charge is 2.23. The summed E-state index contributed by atoms with van der Waals surface area (Å²) in [4.78, 5) is 0. The molecule has 1 atom stereocenters. The van der Waals surface area contributed by atoms with Crippen LogP contribution in [0.25, 0.3) is 0 Å². The molecular formula is C19H25NO2. The fourth-order valence-corrected chi connectivity index (χ4v) is 2.23. The van der Waals surface area contributed by atoms with Crippen molar-refractivity contribution in [1.82, 2.24) is 0 Å². The number of hydrogen-bond acceptors (Lipinski definition) is 3. The van der Waals surface area contributed by atoms with Gasteiger partial charge in [-0.25, -0.2) is 0 Å². The van der Waals surface area contributed by atoms with E-state index in [1.54, 1.807) is 7.11 Å². The summed E-state index contributed by atoms with van der Waals surface area (Å²) in [6, 6.07) is 15.9. The highest BCUT2D eigenvalue weighted by Crippen LogP contribution is 2.36. The fraction of sp³-hybridized carbons (Fsp3) is 0.368. The zero-order valence-electron chi connectivity index (χ0n) is 13.8. The predicted octanol–water partition coefficient (Wildman–Crippen LogP) is 4.32. The van der Waals surface area contributed by atoms with E-state index in [0.717, 1.165) is 22.6 Å². The maximum absolute atomic E-state index is 6.34. The van der Waals surface area contributed by atoms with Gasteiger partial charge in [-0.05, 0) is 28.7 Å². The lowest BCUT2D eigenvalue weighted by Crippen LogP contribution is -2.26. The van der Waals surface area contributed by atoms with E-state index in [-0.39, 0.29) is 11.5 Å². The molecule has 0 radical (unpaired) electrons. The van der Waals surface area contributed by atoms with Crippen molar-refractivity contribution in [3.05, 3.63) is 59.7 Å². The van der Waals surface area contributed by atoms with Crippen LogP contribution in [0.5, 0.6) is 11.5 Å². The largest absolute Gasteiger partial charge is 0.493 e. The summed E-state index contributed by atoms with van der Waals surface area (Å²) in [5.74, 6) is 1.45. The molecule has 0 aliphatic carbocycles. The topological polar surface area (TPSA) is 44.5 Å². The van der Waals surface area contributed by atoms with Crippen molar-refractivity contribution in [2.24, 2.45) is 11.1 Å². The molecule has 3 heteroatoms. The first-order chi connectivity index (χ1) is 10.4. The molecule has 0 aliphatic heterocycles. The van der Waals surface area contributed by atoms with Crippen LogP contribution in [0.1, 0.15) is 37.9 Å². The van der Waals surface area contributed by atoms with Crippen LogP contribution in [0.15, 0.2) is 48.5 Å². The second-order valence-corrected chi connectivity index (χ2v) is 6.53. The fourth-order valence-electron chi connectivity index (χ4n) is 2.23. The lowest BCUT2D eigenvalue weighted by Gasteiger charge is -2.28. The Balaban J connectivity index is 2.21. The Morgan fingerprint density at radius 2 is 1.68 bits per heavy atom. The van der Waals surface area contributed by atoms with E-state index in [9.17, 15) is 0 Å². The standard InChI is InChI=1S/C19H25NO2/c1-19(2,3)18(20)15-10-11-16(21-4)17(12-15)22-13-14-8-6-5-7-9-14/h5-12,18H,13,20H2,1-4H3/t18-/m0/s1. The van der Waals surface area contributed by atoms with Crippen LogP contribution >= 0.6 is 0 Å². The monoisotopic (exact) mass is 299 g/mol. The van der Waals surface area contributed by atoms with Gasteiger partial charge in [0.15, 0.2) is 11.5 Å². The lowest BCUT2D eigenvalue weighted by atomic mass is 9.83. The van der Waals surface area contributed by atoms with Gasteiger partial charge in [-0.2, -0.15) is 0 Å². The van der Waals surface area contributed by atoms with Gasteiger partial charge in [0.25, 0.3) is 0 Å². The smallest absolute Gasteiger partial charge is 0.161 e. The van der Waals surface area contributed by atoms with E-state index in [4.69, 9.17) is 15.2 Å². The van der Waals surface area contributed by atoms with Crippen LogP contribution in [-0.2, 0) is 6.61 Å². The summed E-state index contributed by atoms with van der Waals surface area (Å²) in [7, 11) is 1.65. The van der Waals surface area contributed by atoms with Gasteiger partial charge in [-0.3, -0.25) is 0 Å². The minimum atomic E-state index is -0.0579. The number of hydrogen-bond donors (Lipinski definition) is 1. The van der Waals surface area contributed by atoms with Crippen molar-refractivity contribution in [3.8, 4) is 11.5 Å². The zero-order valence-corrected chi connectivity index (χ0v) is 13.8. The third-order valence-electron chi connectivity index (χ3n) is 3.72. The second kappa shape index (κ2) is 6.84. The number of methoxy groups -OCH3 is 1. The molecule has 2 aromatic rings. The SMILES string of the molecule is COc1ccc([C@H](N)C(C)(C)C)cc1OCc1ccccc1. The van der Waals surface area contributed by atoms with Crippen LogP contribution in [-0.4, -0.2) is 7.11 Å². The molecule has 0 heterocycles. The van der Waals surface area contributed by atoms with Gasteiger partial charge < -0.3 is 15.2 Å². The second-order valence-electron chi connectivity index (χ2n) is 6.53. The average Bonchev–Trinajstić information content (AvgIpc) is 2.52. The summed E-state index contributed by atoms with van der Waals surface area (Å²) >= 11 is 0. The molecule has 3 nitrogen and oxygen atoms in total. The van der Waals surface area contributed by atoms with Crippen molar-refractivity contribution in [2.45, 2.75) is 33.4 Å². The Bertz CT molecular complexity index is 603. The van der Waals surface area contributed by atoms with Crippen molar-refractivity contribution in [3.63, 3.8) is 0 Å². The Morgan fingerprint density at radius 1 is 1.00 bits per heavy atom. The first kappa shape index (κ1) is 16.4. The molecule has 0 saturated heterocycles. The van der Waals surface area contributed by atoms with Gasteiger partial charge in [0.2, 0.25) is 0 Å². The first-order valence-electron chi connectivity index (χ1n) is 7.52. The molecule has 0 saturated carbocycles. The summed E-state index contributed by atoms with van der Waals surface area (Å²) < 4.78 is 11.3. The predicted molar refractivity (Wildman–Crippen MR) is 90.2 cm³/mol. The molecule has 0 aromatic heterocycles. The number of benzene rings is 2. The summed E-state index contributed by atoms with van der Waals surface area (Å²) in [6.45, 7) is 6.90. The third-order valence-corrected chi connectivity index (χ3v) is 3.72. The molecule has 0 bridgehead atoms. The quantitative estimate of drug-likeness (QED) is 0.894. The maximum atomic E-state index is 6.34. The summed E-state index contributed by atoms with van der Waals surface area (Å²) in [5, 5.41) is 0. The number of ether oxygens (including phenoxy) is 2. The molecule has 2 rings (SSSR count). The summed E-state index contributed by atoms with van der Waals surface area (Å²) in [5.41, 5.74) is 8.51. The normalized spacial score (nSPS) is 12.8. The van der Waals surface area contributed by atoms with Crippen molar-refractivity contribution < 1.29 is 9.47 Å². The number of nitrogens with two attached hydrogens (primary N) is 1. The Labute approximate surface area is 133 Å². The highest BCUT2D eigenvalue weighted by atomic mass is 16.5. The first-order valence-corrected chi connectivity index (χ1v) is 7.52. The van der Waals surface area contributed by atoms with E-state index in [1.165, 1.54) is 0 Å². The van der Waals surface area contributed by atoms with Gasteiger partial charge >= 0.3 is 0 Å². The number of rotatable bonds is 5. The Hall–Kier alpha value is -2.00. The van der Waals surface area contributed by atoms with Crippen molar-refractivity contribution in [1.29, 1.82) is 0 Å². The lowest BCUT2D eigenvalue weighted by molar-refractivity contribution is 0.281.